The summed E-state index contributed by atoms with van der Waals surface area (Å²) >= 11 is 1.64. The highest BCUT2D eigenvalue weighted by Gasteiger charge is 2.09. The van der Waals surface area contributed by atoms with Crippen molar-refractivity contribution in [1.29, 1.82) is 0 Å². The molecular formula is C15H16N4S. The number of rotatable bonds is 3. The molecule has 0 aliphatic carbocycles. The molecule has 0 aliphatic rings. The lowest BCUT2D eigenvalue weighted by Gasteiger charge is -2.08. The van der Waals surface area contributed by atoms with E-state index in [1.165, 1.54) is 16.0 Å². The summed E-state index contributed by atoms with van der Waals surface area (Å²) in [5.41, 5.74) is 3.48. The minimum Gasteiger partial charge on any atom is -0.372 e. The molecule has 1 N–H and O–H groups in total. The van der Waals surface area contributed by atoms with Gasteiger partial charge in [0.25, 0.3) is 0 Å². The van der Waals surface area contributed by atoms with Gasteiger partial charge in [-0.25, -0.2) is 9.97 Å². The molecule has 0 saturated carbocycles. The maximum atomic E-state index is 4.61. The van der Waals surface area contributed by atoms with Gasteiger partial charge in [-0.15, -0.1) is 0 Å². The van der Waals surface area contributed by atoms with E-state index in [9.17, 15) is 0 Å². The normalized spacial score (nSPS) is 10.9. The van der Waals surface area contributed by atoms with Crippen LogP contribution in [0.4, 0.5) is 5.82 Å². The van der Waals surface area contributed by atoms with Crippen molar-refractivity contribution in [3.63, 3.8) is 0 Å². The lowest BCUT2D eigenvalue weighted by molar-refractivity contribution is 1.03. The van der Waals surface area contributed by atoms with Gasteiger partial charge >= 0.3 is 0 Å². The third-order valence-electron chi connectivity index (χ3n) is 3.29. The second-order valence-corrected chi connectivity index (χ2v) is 5.75. The molecule has 1 aromatic carbocycles. The minimum atomic E-state index is 0.835. The van der Waals surface area contributed by atoms with E-state index in [2.05, 4.69) is 47.3 Å². The van der Waals surface area contributed by atoms with Crippen molar-refractivity contribution in [2.24, 2.45) is 0 Å². The fraction of sp³-hybridized carbons (Fsp3) is 0.200. The van der Waals surface area contributed by atoms with Crippen molar-refractivity contribution < 1.29 is 0 Å². The Balaban J connectivity index is 2.04. The largest absolute Gasteiger partial charge is 0.372 e. The summed E-state index contributed by atoms with van der Waals surface area (Å²) in [7, 11) is 1.87. The van der Waals surface area contributed by atoms with E-state index in [1.54, 1.807) is 18.0 Å². The van der Waals surface area contributed by atoms with Gasteiger partial charge in [0.1, 0.15) is 10.8 Å². The van der Waals surface area contributed by atoms with Crippen molar-refractivity contribution in [3.05, 3.63) is 47.9 Å². The Morgan fingerprint density at radius 1 is 1.20 bits per heavy atom. The van der Waals surface area contributed by atoms with Gasteiger partial charge < -0.3 is 9.72 Å². The number of hydrogen-bond donors (Lipinski definition) is 1. The van der Waals surface area contributed by atoms with E-state index < -0.39 is 0 Å². The van der Waals surface area contributed by atoms with Crippen LogP contribution in [0.3, 0.4) is 0 Å². The van der Waals surface area contributed by atoms with Crippen molar-refractivity contribution >= 4 is 23.2 Å². The molecule has 102 valence electrons. The van der Waals surface area contributed by atoms with Gasteiger partial charge in [0.15, 0.2) is 5.65 Å². The molecule has 0 saturated heterocycles. The highest BCUT2D eigenvalue weighted by atomic mass is 32.2. The first kappa shape index (κ1) is 13.0. The van der Waals surface area contributed by atoms with Crippen molar-refractivity contribution in [1.82, 2.24) is 14.4 Å². The van der Waals surface area contributed by atoms with E-state index in [0.717, 1.165) is 16.5 Å². The number of fused-ring (bicyclic) bond motifs is 1. The molecule has 4 nitrogen and oxygen atoms in total. The quantitative estimate of drug-likeness (QED) is 0.799. The zero-order chi connectivity index (χ0) is 14.1. The Kier molecular flexibility index (Phi) is 3.36. The molecular weight excluding hydrogens is 268 g/mol. The molecule has 3 rings (SSSR count). The van der Waals surface area contributed by atoms with Gasteiger partial charge in [0.05, 0.1) is 6.20 Å². The van der Waals surface area contributed by atoms with Crippen LogP contribution in [0.15, 0.2) is 46.7 Å². The van der Waals surface area contributed by atoms with E-state index in [4.69, 9.17) is 0 Å². The monoisotopic (exact) mass is 284 g/mol. The third-order valence-corrected chi connectivity index (χ3v) is 4.25. The molecule has 0 atom stereocenters. The van der Waals surface area contributed by atoms with Crippen LogP contribution in [0.5, 0.6) is 0 Å². The molecule has 2 aromatic heterocycles. The number of imidazole rings is 1. The fourth-order valence-electron chi connectivity index (χ4n) is 1.98. The maximum Gasteiger partial charge on any atom is 0.170 e. The molecule has 0 amide bonds. The lowest BCUT2D eigenvalue weighted by Crippen LogP contribution is -1.98. The second kappa shape index (κ2) is 5.17. The van der Waals surface area contributed by atoms with Gasteiger partial charge in [0.2, 0.25) is 0 Å². The summed E-state index contributed by atoms with van der Waals surface area (Å²) < 4.78 is 1.99. The predicted molar refractivity (Wildman–Crippen MR) is 82.6 cm³/mol. The number of aryl methyl sites for hydroxylation is 2. The summed E-state index contributed by atoms with van der Waals surface area (Å²) in [4.78, 5) is 10.2. The predicted octanol–water partition coefficient (Wildman–Crippen LogP) is 3.54. The molecule has 0 aliphatic heterocycles. The van der Waals surface area contributed by atoms with Gasteiger partial charge in [-0.1, -0.05) is 17.8 Å². The molecule has 0 fully saturated rings. The Hall–Kier alpha value is -2.01. The molecule has 3 aromatic rings. The van der Waals surface area contributed by atoms with Crippen LogP contribution < -0.4 is 5.32 Å². The molecule has 5 heteroatoms. The maximum absolute atomic E-state index is 4.61. The average molecular weight is 284 g/mol. The standard InChI is InChI=1S/C15H16N4S/c1-10-4-5-12(8-11(10)2)20-15-14-17-6-7-19(14)9-13(16-3)18-15/h4-9,16H,1-3H3. The SMILES string of the molecule is CNc1cn2ccnc2c(Sc2ccc(C)c(C)c2)n1. The Morgan fingerprint density at radius 2 is 2.05 bits per heavy atom. The van der Waals surface area contributed by atoms with Crippen molar-refractivity contribution in [2.75, 3.05) is 12.4 Å². The second-order valence-electron chi connectivity index (χ2n) is 4.69. The summed E-state index contributed by atoms with van der Waals surface area (Å²) in [6.07, 6.45) is 5.66. The topological polar surface area (TPSA) is 42.2 Å². The summed E-state index contributed by atoms with van der Waals surface area (Å²) in [6, 6.07) is 6.45. The summed E-state index contributed by atoms with van der Waals surface area (Å²) in [5, 5.41) is 3.99. The van der Waals surface area contributed by atoms with E-state index in [1.807, 2.05) is 23.8 Å². The van der Waals surface area contributed by atoms with Crippen LogP contribution in [-0.2, 0) is 0 Å². The third kappa shape index (κ3) is 2.36. The number of benzene rings is 1. The number of nitrogens with one attached hydrogen (secondary N) is 1. The number of nitrogens with zero attached hydrogens (tertiary/aromatic N) is 3. The Labute approximate surface area is 122 Å². The van der Waals surface area contributed by atoms with Crippen LogP contribution in [0.2, 0.25) is 0 Å². The fourth-order valence-corrected chi connectivity index (χ4v) is 2.97. The number of anilines is 1. The lowest BCUT2D eigenvalue weighted by atomic mass is 10.1. The smallest absolute Gasteiger partial charge is 0.170 e. The van der Waals surface area contributed by atoms with Crippen molar-refractivity contribution in [3.8, 4) is 0 Å². The number of hydrogen-bond acceptors (Lipinski definition) is 4. The van der Waals surface area contributed by atoms with Gasteiger partial charge in [0, 0.05) is 24.3 Å². The van der Waals surface area contributed by atoms with E-state index in [0.29, 0.717) is 0 Å². The molecule has 0 unspecified atom stereocenters. The first-order chi connectivity index (χ1) is 9.67. The molecule has 0 bridgehead atoms. The van der Waals surface area contributed by atoms with E-state index in [-0.39, 0.29) is 0 Å². The molecule has 0 spiro atoms. The average Bonchev–Trinajstić information content (AvgIpc) is 2.91. The van der Waals surface area contributed by atoms with Gasteiger partial charge in [-0.05, 0) is 37.1 Å². The first-order valence-corrected chi connectivity index (χ1v) is 7.25. The van der Waals surface area contributed by atoms with Crippen LogP contribution in [0, 0.1) is 13.8 Å². The Bertz CT molecular complexity index is 764. The minimum absolute atomic E-state index is 0.835. The van der Waals surface area contributed by atoms with Crippen LogP contribution in [0.25, 0.3) is 5.65 Å². The zero-order valence-electron chi connectivity index (χ0n) is 11.7. The van der Waals surface area contributed by atoms with Crippen LogP contribution in [0.1, 0.15) is 11.1 Å². The first-order valence-electron chi connectivity index (χ1n) is 6.44. The van der Waals surface area contributed by atoms with Gasteiger partial charge in [-0.2, -0.15) is 0 Å². The highest BCUT2D eigenvalue weighted by Crippen LogP contribution is 2.30. The van der Waals surface area contributed by atoms with E-state index >= 15 is 0 Å². The van der Waals surface area contributed by atoms with Crippen LogP contribution >= 0.6 is 11.8 Å². The summed E-state index contributed by atoms with van der Waals surface area (Å²) in [5.74, 6) is 0.835. The number of aromatic nitrogens is 3. The summed E-state index contributed by atoms with van der Waals surface area (Å²) in [6.45, 7) is 4.25. The molecule has 20 heavy (non-hydrogen) atoms. The zero-order valence-corrected chi connectivity index (χ0v) is 12.5. The highest BCUT2D eigenvalue weighted by molar-refractivity contribution is 7.99. The molecule has 2 heterocycles. The van der Waals surface area contributed by atoms with Gasteiger partial charge in [-0.3, -0.25) is 0 Å². The van der Waals surface area contributed by atoms with Crippen LogP contribution in [-0.4, -0.2) is 21.4 Å². The van der Waals surface area contributed by atoms with Crippen molar-refractivity contribution in [2.45, 2.75) is 23.8 Å². The Morgan fingerprint density at radius 3 is 2.80 bits per heavy atom. The molecule has 0 radical (unpaired) electrons.